The first-order valence-electron chi connectivity index (χ1n) is 8.13. The highest BCUT2D eigenvalue weighted by Gasteiger charge is 2.14. The van der Waals surface area contributed by atoms with Gasteiger partial charge in [-0.1, -0.05) is 56.3 Å². The van der Waals surface area contributed by atoms with E-state index in [4.69, 9.17) is 5.11 Å². The number of carbonyl (C=O) groups is 1. The van der Waals surface area contributed by atoms with Gasteiger partial charge in [0.25, 0.3) is 0 Å². The summed E-state index contributed by atoms with van der Waals surface area (Å²) in [5.74, 6) is 0.268. The fourth-order valence-corrected chi connectivity index (χ4v) is 2.68. The Morgan fingerprint density at radius 1 is 1.04 bits per heavy atom. The highest BCUT2D eigenvalue weighted by Crippen LogP contribution is 2.17. The number of nitrogens with one attached hydrogen (secondary N) is 1. The molecule has 3 heteroatoms. The molecule has 0 aromatic heterocycles. The second kappa shape index (κ2) is 8.49. The predicted molar refractivity (Wildman–Crippen MR) is 93.6 cm³/mol. The predicted octanol–water partition coefficient (Wildman–Crippen LogP) is 3.99. The van der Waals surface area contributed by atoms with Crippen molar-refractivity contribution in [1.29, 1.82) is 0 Å². The minimum absolute atomic E-state index is 0.342. The number of carboxylic acid groups (broad SMARTS) is 1. The van der Waals surface area contributed by atoms with Gasteiger partial charge in [-0.15, -0.1) is 0 Å². The molecule has 0 radical (unpaired) electrons. The van der Waals surface area contributed by atoms with Crippen LogP contribution in [0.2, 0.25) is 0 Å². The van der Waals surface area contributed by atoms with Crippen molar-refractivity contribution in [2.75, 3.05) is 6.54 Å². The van der Waals surface area contributed by atoms with Crippen LogP contribution in [0.3, 0.4) is 0 Å². The lowest BCUT2D eigenvalue weighted by atomic mass is 9.89. The van der Waals surface area contributed by atoms with Crippen LogP contribution < -0.4 is 5.32 Å². The molecule has 1 atom stereocenters. The molecule has 0 aliphatic carbocycles. The van der Waals surface area contributed by atoms with E-state index in [-0.39, 0.29) is 0 Å². The minimum atomic E-state index is -0.879. The topological polar surface area (TPSA) is 49.3 Å². The van der Waals surface area contributed by atoms with Crippen molar-refractivity contribution in [1.82, 2.24) is 5.32 Å². The summed E-state index contributed by atoms with van der Waals surface area (Å²) in [6.45, 7) is 6.11. The van der Waals surface area contributed by atoms with Gasteiger partial charge in [-0.25, -0.2) is 4.79 Å². The zero-order chi connectivity index (χ0) is 16.7. The molecule has 1 unspecified atom stereocenters. The first-order chi connectivity index (χ1) is 11.1. The lowest BCUT2D eigenvalue weighted by Crippen LogP contribution is -2.27. The van der Waals surface area contributed by atoms with Gasteiger partial charge in [0.15, 0.2) is 0 Å². The summed E-state index contributed by atoms with van der Waals surface area (Å²) >= 11 is 0. The maximum Gasteiger partial charge on any atom is 0.335 e. The summed E-state index contributed by atoms with van der Waals surface area (Å²) in [4.78, 5) is 11.0. The van der Waals surface area contributed by atoms with Crippen molar-refractivity contribution >= 4 is 5.97 Å². The molecule has 122 valence electrons. The average Bonchev–Trinajstić information content (AvgIpc) is 2.55. The molecule has 0 aliphatic heterocycles. The molecule has 0 amide bonds. The van der Waals surface area contributed by atoms with Crippen LogP contribution >= 0.6 is 0 Å². The molecule has 2 rings (SSSR count). The van der Waals surface area contributed by atoms with E-state index >= 15 is 0 Å². The highest BCUT2D eigenvalue weighted by atomic mass is 16.4. The fourth-order valence-electron chi connectivity index (χ4n) is 2.68. The van der Waals surface area contributed by atoms with E-state index in [2.05, 4.69) is 43.4 Å². The van der Waals surface area contributed by atoms with Crippen molar-refractivity contribution < 1.29 is 9.90 Å². The van der Waals surface area contributed by atoms with Gasteiger partial charge >= 0.3 is 5.97 Å². The van der Waals surface area contributed by atoms with E-state index in [0.29, 0.717) is 23.9 Å². The maximum absolute atomic E-state index is 11.0. The average molecular weight is 311 g/mol. The van der Waals surface area contributed by atoms with Crippen molar-refractivity contribution in [3.8, 4) is 0 Å². The molecule has 0 aliphatic rings. The molecular weight excluding hydrogens is 286 g/mol. The Morgan fingerprint density at radius 3 is 2.39 bits per heavy atom. The Hall–Kier alpha value is -2.13. The van der Waals surface area contributed by atoms with Crippen LogP contribution in [-0.2, 0) is 13.0 Å². The van der Waals surface area contributed by atoms with Crippen LogP contribution in [0, 0.1) is 11.8 Å². The summed E-state index contributed by atoms with van der Waals surface area (Å²) < 4.78 is 0. The number of aromatic carboxylic acids is 1. The van der Waals surface area contributed by atoms with E-state index in [1.165, 1.54) is 5.56 Å². The molecule has 0 spiro atoms. The first-order valence-corrected chi connectivity index (χ1v) is 8.13. The van der Waals surface area contributed by atoms with Gasteiger partial charge in [-0.2, -0.15) is 0 Å². The van der Waals surface area contributed by atoms with Crippen molar-refractivity contribution in [2.24, 2.45) is 11.8 Å². The van der Waals surface area contributed by atoms with E-state index in [1.54, 1.807) is 18.2 Å². The summed E-state index contributed by atoms with van der Waals surface area (Å²) in [6.07, 6.45) is 1.06. The number of rotatable bonds is 8. The Bertz CT molecular complexity index is 623. The van der Waals surface area contributed by atoms with E-state index in [9.17, 15) is 4.79 Å². The second-order valence-corrected chi connectivity index (χ2v) is 6.33. The Labute approximate surface area is 138 Å². The van der Waals surface area contributed by atoms with Crippen LogP contribution in [0.4, 0.5) is 0 Å². The molecule has 2 N–H and O–H groups in total. The van der Waals surface area contributed by atoms with Crippen molar-refractivity contribution in [2.45, 2.75) is 26.8 Å². The lowest BCUT2D eigenvalue weighted by molar-refractivity contribution is 0.0696. The van der Waals surface area contributed by atoms with Gasteiger partial charge in [-0.05, 0) is 48.1 Å². The van der Waals surface area contributed by atoms with E-state index < -0.39 is 5.97 Å². The number of carboxylic acids is 1. The Morgan fingerprint density at radius 2 is 1.74 bits per heavy atom. The van der Waals surface area contributed by atoms with Crippen LogP contribution in [-0.4, -0.2) is 17.6 Å². The highest BCUT2D eigenvalue weighted by molar-refractivity contribution is 5.87. The minimum Gasteiger partial charge on any atom is -0.478 e. The molecule has 0 fully saturated rings. The van der Waals surface area contributed by atoms with Gasteiger partial charge in [0, 0.05) is 6.54 Å². The van der Waals surface area contributed by atoms with Crippen molar-refractivity contribution in [3.05, 3.63) is 71.3 Å². The van der Waals surface area contributed by atoms with Gasteiger partial charge in [0.05, 0.1) is 5.56 Å². The monoisotopic (exact) mass is 311 g/mol. The van der Waals surface area contributed by atoms with Gasteiger partial charge in [-0.3, -0.25) is 0 Å². The second-order valence-electron chi connectivity index (χ2n) is 6.33. The number of hydrogen-bond acceptors (Lipinski definition) is 2. The zero-order valence-electron chi connectivity index (χ0n) is 13.8. The maximum atomic E-state index is 11.0. The Kier molecular flexibility index (Phi) is 6.36. The van der Waals surface area contributed by atoms with Gasteiger partial charge in [0.2, 0.25) is 0 Å². The third-order valence-corrected chi connectivity index (χ3v) is 4.19. The number of hydrogen-bond donors (Lipinski definition) is 2. The summed E-state index contributed by atoms with van der Waals surface area (Å²) in [7, 11) is 0. The smallest absolute Gasteiger partial charge is 0.335 e. The van der Waals surface area contributed by atoms with Crippen LogP contribution in [0.5, 0.6) is 0 Å². The quantitative estimate of drug-likeness (QED) is 0.775. The molecule has 0 saturated heterocycles. The zero-order valence-corrected chi connectivity index (χ0v) is 13.8. The summed E-state index contributed by atoms with van der Waals surface area (Å²) in [5, 5.41) is 12.5. The first kappa shape index (κ1) is 17.2. The third-order valence-electron chi connectivity index (χ3n) is 4.19. The Balaban J connectivity index is 1.89. The normalized spacial score (nSPS) is 12.3. The molecule has 2 aromatic carbocycles. The van der Waals surface area contributed by atoms with Gasteiger partial charge in [0.1, 0.15) is 0 Å². The molecule has 0 heterocycles. The fraction of sp³-hybridized carbons (Fsp3) is 0.350. The molecule has 3 nitrogen and oxygen atoms in total. The van der Waals surface area contributed by atoms with Crippen LogP contribution in [0.1, 0.15) is 35.3 Å². The van der Waals surface area contributed by atoms with Gasteiger partial charge < -0.3 is 10.4 Å². The van der Waals surface area contributed by atoms with E-state index in [1.807, 2.05) is 12.1 Å². The standard InChI is InChI=1S/C20H25NO2/c1-15(2)19(11-16-7-4-3-5-8-16)14-21-13-17-9-6-10-18(12-17)20(22)23/h3-10,12,15,19,21H,11,13-14H2,1-2H3,(H,22,23). The molecule has 23 heavy (non-hydrogen) atoms. The molecule has 2 aromatic rings. The molecule has 0 bridgehead atoms. The van der Waals surface area contributed by atoms with Crippen molar-refractivity contribution in [3.63, 3.8) is 0 Å². The largest absolute Gasteiger partial charge is 0.478 e. The third kappa shape index (κ3) is 5.53. The van der Waals surface area contributed by atoms with Crippen LogP contribution in [0.15, 0.2) is 54.6 Å². The number of benzene rings is 2. The van der Waals surface area contributed by atoms with Crippen LogP contribution in [0.25, 0.3) is 0 Å². The SMILES string of the molecule is CC(C)C(CNCc1cccc(C(=O)O)c1)Cc1ccccc1. The molecule has 0 saturated carbocycles. The van der Waals surface area contributed by atoms with E-state index in [0.717, 1.165) is 18.5 Å². The lowest BCUT2D eigenvalue weighted by Gasteiger charge is -2.21. The summed E-state index contributed by atoms with van der Waals surface area (Å²) in [5.41, 5.74) is 2.71. The summed E-state index contributed by atoms with van der Waals surface area (Å²) in [6, 6.07) is 17.7. The molecular formula is C20H25NO2.